The average Bonchev–Trinajstić information content (AvgIpc) is 2.64. The van der Waals surface area contributed by atoms with Gasteiger partial charge in [-0.2, -0.15) is 0 Å². The van der Waals surface area contributed by atoms with Crippen LogP contribution in [0.1, 0.15) is 20.7 Å². The Bertz CT molecular complexity index is 791. The predicted octanol–water partition coefficient (Wildman–Crippen LogP) is 1.99. The number of ketones is 1. The van der Waals surface area contributed by atoms with Gasteiger partial charge in [0.2, 0.25) is 0 Å². The topological polar surface area (TPSA) is 81.7 Å². The van der Waals surface area contributed by atoms with Crippen molar-refractivity contribution in [1.29, 1.82) is 0 Å². The molecule has 25 heavy (non-hydrogen) atoms. The fourth-order valence-corrected chi connectivity index (χ4v) is 2.02. The van der Waals surface area contributed by atoms with Crippen LogP contribution in [0.2, 0.25) is 0 Å². The number of Topliss-reactive ketones (excluding diaryl/α,β-unsaturated/α-hetero) is 1. The molecule has 1 N–H and O–H groups in total. The van der Waals surface area contributed by atoms with Crippen molar-refractivity contribution < 1.29 is 28.2 Å². The van der Waals surface area contributed by atoms with E-state index in [4.69, 9.17) is 9.47 Å². The summed E-state index contributed by atoms with van der Waals surface area (Å²) in [6.45, 7) is -0.944. The van der Waals surface area contributed by atoms with Gasteiger partial charge in [0.15, 0.2) is 12.4 Å². The molecule has 7 heteroatoms. The highest BCUT2D eigenvalue weighted by Gasteiger charge is 2.14. The molecule has 6 nitrogen and oxygen atoms in total. The van der Waals surface area contributed by atoms with Gasteiger partial charge in [0.05, 0.1) is 12.7 Å². The number of carbonyl (C=O) groups is 3. The maximum absolute atomic E-state index is 13.0. The number of rotatable bonds is 7. The van der Waals surface area contributed by atoms with Gasteiger partial charge in [0.1, 0.15) is 18.1 Å². The molecule has 0 radical (unpaired) electrons. The third-order valence-electron chi connectivity index (χ3n) is 3.26. The van der Waals surface area contributed by atoms with E-state index in [0.29, 0.717) is 5.75 Å². The van der Waals surface area contributed by atoms with Crippen LogP contribution in [0.15, 0.2) is 48.5 Å². The molecule has 0 aliphatic rings. The molecular formula is C18H16FNO5. The van der Waals surface area contributed by atoms with E-state index < -0.39 is 36.6 Å². The molecule has 0 aliphatic carbocycles. The standard InChI is InChI=1S/C18H16FNO5/c1-24-16-8-3-2-7-14(16)18(23)20-10-17(22)25-11-15(21)12-5-4-6-13(19)9-12/h2-9H,10-11H2,1H3,(H,20,23). The maximum Gasteiger partial charge on any atom is 0.325 e. The zero-order chi connectivity index (χ0) is 18.2. The van der Waals surface area contributed by atoms with E-state index in [1.807, 2.05) is 0 Å². The first-order valence-electron chi connectivity index (χ1n) is 7.37. The van der Waals surface area contributed by atoms with Crippen molar-refractivity contribution in [3.05, 3.63) is 65.5 Å². The van der Waals surface area contributed by atoms with Crippen molar-refractivity contribution in [3.8, 4) is 5.75 Å². The highest BCUT2D eigenvalue weighted by molar-refractivity contribution is 5.99. The van der Waals surface area contributed by atoms with Crippen molar-refractivity contribution in [2.45, 2.75) is 0 Å². The minimum Gasteiger partial charge on any atom is -0.496 e. The number of hydrogen-bond donors (Lipinski definition) is 1. The summed E-state index contributed by atoms with van der Waals surface area (Å²) in [7, 11) is 1.43. The molecule has 0 aliphatic heterocycles. The Kier molecular flexibility index (Phi) is 6.22. The lowest BCUT2D eigenvalue weighted by Crippen LogP contribution is -2.31. The molecule has 0 aromatic heterocycles. The number of amides is 1. The molecule has 0 fully saturated rings. The molecule has 2 rings (SSSR count). The number of halogens is 1. The lowest BCUT2D eigenvalue weighted by atomic mass is 10.1. The Morgan fingerprint density at radius 1 is 1.08 bits per heavy atom. The molecule has 0 atom stereocenters. The van der Waals surface area contributed by atoms with Gasteiger partial charge in [0, 0.05) is 5.56 Å². The predicted molar refractivity (Wildman–Crippen MR) is 87.0 cm³/mol. The normalized spacial score (nSPS) is 10.0. The number of ether oxygens (including phenoxy) is 2. The number of carbonyl (C=O) groups excluding carboxylic acids is 3. The van der Waals surface area contributed by atoms with Crippen LogP contribution >= 0.6 is 0 Å². The molecule has 0 unspecified atom stereocenters. The Morgan fingerprint density at radius 2 is 1.84 bits per heavy atom. The van der Waals surface area contributed by atoms with Crippen LogP contribution in [-0.2, 0) is 9.53 Å². The Hall–Kier alpha value is -3.22. The fraction of sp³-hybridized carbons (Fsp3) is 0.167. The summed E-state index contributed by atoms with van der Waals surface area (Å²) in [6, 6.07) is 11.6. The molecule has 0 bridgehead atoms. The Labute approximate surface area is 143 Å². The Morgan fingerprint density at radius 3 is 2.56 bits per heavy atom. The fourth-order valence-electron chi connectivity index (χ4n) is 2.02. The molecule has 1 amide bonds. The summed E-state index contributed by atoms with van der Waals surface area (Å²) in [4.78, 5) is 35.5. The molecular weight excluding hydrogens is 329 g/mol. The number of esters is 1. The molecule has 130 valence electrons. The summed E-state index contributed by atoms with van der Waals surface area (Å²) >= 11 is 0. The van der Waals surface area contributed by atoms with E-state index in [2.05, 4.69) is 5.32 Å². The lowest BCUT2D eigenvalue weighted by Gasteiger charge is -2.09. The first-order valence-corrected chi connectivity index (χ1v) is 7.37. The molecule has 2 aromatic carbocycles. The third kappa shape index (κ3) is 5.13. The van der Waals surface area contributed by atoms with Crippen molar-refractivity contribution >= 4 is 17.7 Å². The SMILES string of the molecule is COc1ccccc1C(=O)NCC(=O)OCC(=O)c1cccc(F)c1. The van der Waals surface area contributed by atoms with Gasteiger partial charge >= 0.3 is 5.97 Å². The van der Waals surface area contributed by atoms with Crippen molar-refractivity contribution in [3.63, 3.8) is 0 Å². The monoisotopic (exact) mass is 345 g/mol. The van der Waals surface area contributed by atoms with E-state index in [9.17, 15) is 18.8 Å². The van der Waals surface area contributed by atoms with Crippen molar-refractivity contribution in [2.75, 3.05) is 20.3 Å². The van der Waals surface area contributed by atoms with Crippen LogP contribution in [0.4, 0.5) is 4.39 Å². The van der Waals surface area contributed by atoms with Crippen molar-refractivity contribution in [1.82, 2.24) is 5.32 Å². The Balaban J connectivity index is 1.82. The molecule has 0 saturated carbocycles. The smallest absolute Gasteiger partial charge is 0.325 e. The van der Waals surface area contributed by atoms with Crippen LogP contribution in [0, 0.1) is 5.82 Å². The molecule has 0 saturated heterocycles. The van der Waals surface area contributed by atoms with E-state index >= 15 is 0 Å². The summed E-state index contributed by atoms with van der Waals surface area (Å²) in [6.07, 6.45) is 0. The number of methoxy groups -OCH3 is 1. The summed E-state index contributed by atoms with van der Waals surface area (Å²) in [5.74, 6) is -2.02. The second kappa shape index (κ2) is 8.58. The highest BCUT2D eigenvalue weighted by atomic mass is 19.1. The van der Waals surface area contributed by atoms with Crippen LogP contribution in [0.25, 0.3) is 0 Å². The maximum atomic E-state index is 13.0. The molecule has 2 aromatic rings. The van der Waals surface area contributed by atoms with E-state index in [1.54, 1.807) is 24.3 Å². The third-order valence-corrected chi connectivity index (χ3v) is 3.26. The highest BCUT2D eigenvalue weighted by Crippen LogP contribution is 2.16. The van der Waals surface area contributed by atoms with E-state index in [-0.39, 0.29) is 11.1 Å². The largest absolute Gasteiger partial charge is 0.496 e. The second-order valence-electron chi connectivity index (χ2n) is 4.98. The van der Waals surface area contributed by atoms with Gasteiger partial charge in [-0.05, 0) is 24.3 Å². The summed E-state index contributed by atoms with van der Waals surface area (Å²) in [5.41, 5.74) is 0.375. The van der Waals surface area contributed by atoms with Gasteiger partial charge in [-0.25, -0.2) is 4.39 Å². The second-order valence-corrected chi connectivity index (χ2v) is 4.98. The van der Waals surface area contributed by atoms with Gasteiger partial charge in [-0.1, -0.05) is 24.3 Å². The minimum atomic E-state index is -0.784. The number of benzene rings is 2. The number of para-hydroxylation sites is 1. The average molecular weight is 345 g/mol. The van der Waals surface area contributed by atoms with Gasteiger partial charge < -0.3 is 14.8 Å². The van der Waals surface area contributed by atoms with Gasteiger partial charge in [0.25, 0.3) is 5.91 Å². The number of hydrogen-bond acceptors (Lipinski definition) is 5. The lowest BCUT2D eigenvalue weighted by molar-refractivity contribution is -0.141. The molecule has 0 heterocycles. The summed E-state index contributed by atoms with van der Waals surface area (Å²) in [5, 5.41) is 2.38. The van der Waals surface area contributed by atoms with Gasteiger partial charge in [-0.15, -0.1) is 0 Å². The first-order chi connectivity index (χ1) is 12.0. The van der Waals surface area contributed by atoms with Crippen LogP contribution in [-0.4, -0.2) is 37.9 Å². The molecule has 0 spiro atoms. The minimum absolute atomic E-state index is 0.103. The van der Waals surface area contributed by atoms with Crippen LogP contribution < -0.4 is 10.1 Å². The van der Waals surface area contributed by atoms with E-state index in [1.165, 1.54) is 25.3 Å². The van der Waals surface area contributed by atoms with Crippen LogP contribution in [0.3, 0.4) is 0 Å². The van der Waals surface area contributed by atoms with Crippen LogP contribution in [0.5, 0.6) is 5.75 Å². The zero-order valence-corrected chi connectivity index (χ0v) is 13.5. The van der Waals surface area contributed by atoms with Crippen molar-refractivity contribution in [2.24, 2.45) is 0 Å². The van der Waals surface area contributed by atoms with Gasteiger partial charge in [-0.3, -0.25) is 14.4 Å². The first kappa shape index (κ1) is 18.1. The summed E-state index contributed by atoms with van der Waals surface area (Å²) < 4.78 is 22.9. The number of nitrogens with one attached hydrogen (secondary N) is 1. The quantitative estimate of drug-likeness (QED) is 0.613. The van der Waals surface area contributed by atoms with E-state index in [0.717, 1.165) is 6.07 Å². The zero-order valence-electron chi connectivity index (χ0n) is 13.5.